The molecule has 0 aliphatic heterocycles. The third kappa shape index (κ3) is 3.33. The SMILES string of the molecule is Cc1cc(Sc2cc(C(=O)O)ccc2F)ncc1Br. The molecule has 0 radical (unpaired) electrons. The minimum Gasteiger partial charge on any atom is -0.478 e. The number of rotatable bonds is 3. The van der Waals surface area contributed by atoms with E-state index in [2.05, 4.69) is 20.9 Å². The Morgan fingerprint density at radius 3 is 2.79 bits per heavy atom. The fraction of sp³-hybridized carbons (Fsp3) is 0.0769. The topological polar surface area (TPSA) is 50.2 Å². The molecule has 0 saturated carbocycles. The van der Waals surface area contributed by atoms with Gasteiger partial charge in [0.1, 0.15) is 10.8 Å². The minimum absolute atomic E-state index is 0.0535. The fourth-order valence-electron chi connectivity index (χ4n) is 1.40. The highest BCUT2D eigenvalue weighted by Gasteiger charge is 2.11. The molecule has 0 amide bonds. The predicted octanol–water partition coefficient (Wildman–Crippen LogP) is 4.14. The highest BCUT2D eigenvalue weighted by Crippen LogP contribution is 2.30. The summed E-state index contributed by atoms with van der Waals surface area (Å²) in [7, 11) is 0. The van der Waals surface area contributed by atoms with Crippen molar-refractivity contribution >= 4 is 33.7 Å². The zero-order valence-electron chi connectivity index (χ0n) is 9.85. The van der Waals surface area contributed by atoms with Crippen LogP contribution in [0.4, 0.5) is 4.39 Å². The minimum atomic E-state index is -1.08. The molecule has 0 aliphatic rings. The summed E-state index contributed by atoms with van der Waals surface area (Å²) >= 11 is 4.43. The zero-order valence-corrected chi connectivity index (χ0v) is 12.3. The number of carboxylic acids is 1. The van der Waals surface area contributed by atoms with Crippen LogP contribution in [0.25, 0.3) is 0 Å². The van der Waals surface area contributed by atoms with Gasteiger partial charge < -0.3 is 5.11 Å². The quantitative estimate of drug-likeness (QED) is 0.911. The van der Waals surface area contributed by atoms with Gasteiger partial charge in [0.25, 0.3) is 0 Å². The molecule has 1 aromatic carbocycles. The molecule has 0 bridgehead atoms. The predicted molar refractivity (Wildman–Crippen MR) is 74.2 cm³/mol. The van der Waals surface area contributed by atoms with E-state index in [0.717, 1.165) is 27.9 Å². The van der Waals surface area contributed by atoms with Gasteiger partial charge in [-0.2, -0.15) is 0 Å². The zero-order chi connectivity index (χ0) is 14.0. The van der Waals surface area contributed by atoms with Crippen molar-refractivity contribution in [2.45, 2.75) is 16.8 Å². The van der Waals surface area contributed by atoms with Gasteiger partial charge in [-0.05, 0) is 52.7 Å². The van der Waals surface area contributed by atoms with E-state index in [4.69, 9.17) is 5.11 Å². The number of benzene rings is 1. The van der Waals surface area contributed by atoms with Crippen molar-refractivity contribution in [1.82, 2.24) is 4.98 Å². The van der Waals surface area contributed by atoms with Gasteiger partial charge in [0.2, 0.25) is 0 Å². The van der Waals surface area contributed by atoms with E-state index in [1.807, 2.05) is 13.0 Å². The molecule has 6 heteroatoms. The Balaban J connectivity index is 2.34. The Bertz CT molecular complexity index is 649. The number of aromatic nitrogens is 1. The second-order valence-electron chi connectivity index (χ2n) is 3.82. The Kier molecular flexibility index (Phi) is 4.21. The van der Waals surface area contributed by atoms with Crippen LogP contribution in [0.3, 0.4) is 0 Å². The normalized spacial score (nSPS) is 10.5. The maximum absolute atomic E-state index is 13.6. The first kappa shape index (κ1) is 14.0. The standard InChI is InChI=1S/C13H9BrFNO2S/c1-7-4-12(16-6-9(7)14)19-11-5-8(13(17)18)2-3-10(11)15/h2-6H,1H3,(H,17,18). The molecule has 0 aliphatic carbocycles. The third-order valence-corrected chi connectivity index (χ3v) is 4.21. The Hall–Kier alpha value is -1.40. The molecule has 0 saturated heterocycles. The summed E-state index contributed by atoms with van der Waals surface area (Å²) in [5.74, 6) is -1.54. The van der Waals surface area contributed by atoms with Gasteiger partial charge in [0.15, 0.2) is 0 Å². The molecule has 0 spiro atoms. The third-order valence-electron chi connectivity index (χ3n) is 2.41. The molecule has 0 fully saturated rings. The average Bonchev–Trinajstić information content (AvgIpc) is 2.36. The molecule has 1 heterocycles. The molecule has 1 N–H and O–H groups in total. The number of carbonyl (C=O) groups is 1. The number of halogens is 2. The van der Waals surface area contributed by atoms with Crippen molar-refractivity contribution in [3.63, 3.8) is 0 Å². The van der Waals surface area contributed by atoms with Gasteiger partial charge in [-0.25, -0.2) is 14.2 Å². The van der Waals surface area contributed by atoms with Crippen molar-refractivity contribution in [1.29, 1.82) is 0 Å². The molecule has 19 heavy (non-hydrogen) atoms. The van der Waals surface area contributed by atoms with Gasteiger partial charge in [0, 0.05) is 10.7 Å². The summed E-state index contributed by atoms with van der Waals surface area (Å²) < 4.78 is 14.5. The van der Waals surface area contributed by atoms with Gasteiger partial charge in [-0.1, -0.05) is 11.8 Å². The number of hydrogen-bond donors (Lipinski definition) is 1. The first-order valence-corrected chi connectivity index (χ1v) is 6.91. The second kappa shape index (κ2) is 5.71. The van der Waals surface area contributed by atoms with E-state index >= 15 is 0 Å². The molecule has 2 rings (SSSR count). The van der Waals surface area contributed by atoms with Crippen LogP contribution in [-0.4, -0.2) is 16.1 Å². The number of aryl methyl sites for hydroxylation is 1. The smallest absolute Gasteiger partial charge is 0.335 e. The lowest BCUT2D eigenvalue weighted by Gasteiger charge is -2.05. The second-order valence-corrected chi connectivity index (χ2v) is 5.74. The van der Waals surface area contributed by atoms with E-state index < -0.39 is 11.8 Å². The largest absolute Gasteiger partial charge is 0.478 e. The van der Waals surface area contributed by atoms with Crippen LogP contribution in [0.1, 0.15) is 15.9 Å². The van der Waals surface area contributed by atoms with Crippen LogP contribution in [0.2, 0.25) is 0 Å². The summed E-state index contributed by atoms with van der Waals surface area (Å²) in [5, 5.41) is 9.51. The first-order chi connectivity index (χ1) is 8.97. The number of aromatic carboxylic acids is 1. The maximum atomic E-state index is 13.6. The highest BCUT2D eigenvalue weighted by molar-refractivity contribution is 9.10. The lowest BCUT2D eigenvalue weighted by molar-refractivity contribution is 0.0696. The van der Waals surface area contributed by atoms with Crippen molar-refractivity contribution < 1.29 is 14.3 Å². The molecule has 98 valence electrons. The lowest BCUT2D eigenvalue weighted by Crippen LogP contribution is -1.97. The molecular weight excluding hydrogens is 333 g/mol. The number of hydrogen-bond acceptors (Lipinski definition) is 3. The fourth-order valence-corrected chi connectivity index (χ4v) is 2.53. The molecule has 0 unspecified atom stereocenters. The van der Waals surface area contributed by atoms with Crippen LogP contribution in [0, 0.1) is 12.7 Å². The summed E-state index contributed by atoms with van der Waals surface area (Å²) in [5.41, 5.74) is 1.03. The van der Waals surface area contributed by atoms with Crippen LogP contribution in [0.15, 0.2) is 44.9 Å². The van der Waals surface area contributed by atoms with Crippen molar-refractivity contribution in [2.75, 3.05) is 0 Å². The number of carboxylic acid groups (broad SMARTS) is 1. The van der Waals surface area contributed by atoms with Crippen molar-refractivity contribution in [3.8, 4) is 0 Å². The molecular formula is C13H9BrFNO2S. The van der Waals surface area contributed by atoms with Crippen LogP contribution in [-0.2, 0) is 0 Å². The summed E-state index contributed by atoms with van der Waals surface area (Å²) in [6, 6.07) is 5.50. The van der Waals surface area contributed by atoms with Gasteiger partial charge >= 0.3 is 5.97 Å². The summed E-state index contributed by atoms with van der Waals surface area (Å²) in [4.78, 5) is 15.3. The van der Waals surface area contributed by atoms with Crippen LogP contribution >= 0.6 is 27.7 Å². The Labute approximate surface area is 122 Å². The summed E-state index contributed by atoms with van der Waals surface area (Å²) in [6.45, 7) is 1.90. The van der Waals surface area contributed by atoms with Crippen molar-refractivity contribution in [3.05, 3.63) is 51.9 Å². The Morgan fingerprint density at radius 1 is 1.42 bits per heavy atom. The van der Waals surface area contributed by atoms with Gasteiger partial charge in [0.05, 0.1) is 10.5 Å². The molecule has 1 aromatic heterocycles. The monoisotopic (exact) mass is 341 g/mol. The van der Waals surface area contributed by atoms with E-state index in [0.29, 0.717) is 5.03 Å². The first-order valence-electron chi connectivity index (χ1n) is 5.30. The van der Waals surface area contributed by atoms with E-state index in [9.17, 15) is 9.18 Å². The maximum Gasteiger partial charge on any atom is 0.335 e. The summed E-state index contributed by atoms with van der Waals surface area (Å²) in [6.07, 6.45) is 1.64. The highest BCUT2D eigenvalue weighted by atomic mass is 79.9. The molecule has 0 atom stereocenters. The van der Waals surface area contributed by atoms with E-state index in [-0.39, 0.29) is 10.5 Å². The van der Waals surface area contributed by atoms with Crippen molar-refractivity contribution in [2.24, 2.45) is 0 Å². The number of nitrogens with zero attached hydrogens (tertiary/aromatic N) is 1. The van der Waals surface area contributed by atoms with E-state index in [1.54, 1.807) is 6.20 Å². The molecule has 2 aromatic rings. The lowest BCUT2D eigenvalue weighted by atomic mass is 10.2. The van der Waals surface area contributed by atoms with Gasteiger partial charge in [-0.3, -0.25) is 0 Å². The average molecular weight is 342 g/mol. The van der Waals surface area contributed by atoms with Gasteiger partial charge in [-0.15, -0.1) is 0 Å². The molecule has 3 nitrogen and oxygen atoms in total. The van der Waals surface area contributed by atoms with E-state index in [1.165, 1.54) is 12.1 Å². The number of pyridine rings is 1. The van der Waals surface area contributed by atoms with Crippen LogP contribution < -0.4 is 0 Å². The Morgan fingerprint density at radius 2 is 2.16 bits per heavy atom. The van der Waals surface area contributed by atoms with Crippen LogP contribution in [0.5, 0.6) is 0 Å².